The molecule has 0 unspecified atom stereocenters. The highest BCUT2D eigenvalue weighted by Crippen LogP contribution is 2.23. The van der Waals surface area contributed by atoms with Gasteiger partial charge in [0.2, 0.25) is 5.91 Å². The first kappa shape index (κ1) is 21.9. The second kappa shape index (κ2) is 10.8. The maximum Gasteiger partial charge on any atom is 0.244 e. The molecular weight excluding hydrogens is 380 g/mol. The first-order valence-corrected chi connectivity index (χ1v) is 10.2. The Balaban J connectivity index is 1.72. The molecule has 2 aromatic rings. The fourth-order valence-corrected chi connectivity index (χ4v) is 3.39. The number of ether oxygens (including phenoxy) is 3. The van der Waals surface area contributed by atoms with E-state index in [9.17, 15) is 4.79 Å². The highest BCUT2D eigenvalue weighted by atomic mass is 16.5. The third-order valence-electron chi connectivity index (χ3n) is 5.14. The van der Waals surface area contributed by atoms with Crippen molar-refractivity contribution in [2.24, 2.45) is 0 Å². The largest absolute Gasteiger partial charge is 0.497 e. The zero-order valence-corrected chi connectivity index (χ0v) is 17.9. The number of rotatable bonds is 8. The molecule has 1 saturated heterocycles. The van der Waals surface area contributed by atoms with Crippen molar-refractivity contribution in [3.63, 3.8) is 0 Å². The Morgan fingerprint density at radius 1 is 1.10 bits per heavy atom. The Labute approximate surface area is 178 Å². The monoisotopic (exact) mass is 410 g/mol. The number of amides is 1. The number of aryl methyl sites for hydroxylation is 1. The van der Waals surface area contributed by atoms with Crippen LogP contribution in [0.4, 0.5) is 0 Å². The molecular formula is C24H30N2O4. The van der Waals surface area contributed by atoms with Gasteiger partial charge in [0.15, 0.2) is 0 Å². The third kappa shape index (κ3) is 6.34. The van der Waals surface area contributed by atoms with E-state index in [-0.39, 0.29) is 11.9 Å². The molecule has 0 bridgehead atoms. The molecule has 6 heteroatoms. The molecule has 0 radical (unpaired) electrons. The van der Waals surface area contributed by atoms with Crippen molar-refractivity contribution in [1.29, 1.82) is 0 Å². The van der Waals surface area contributed by atoms with Gasteiger partial charge in [-0.05, 0) is 36.3 Å². The highest BCUT2D eigenvalue weighted by Gasteiger charge is 2.19. The molecule has 1 aliphatic heterocycles. The SMILES string of the molecule is COc1cc(/C=C/C(=O)N[C@@H](CN2CCOCC2)c2ccc(C)cc2)cc(OC)c1. The van der Waals surface area contributed by atoms with Gasteiger partial charge >= 0.3 is 0 Å². The van der Waals surface area contributed by atoms with Crippen molar-refractivity contribution in [2.75, 3.05) is 47.1 Å². The number of nitrogens with zero attached hydrogens (tertiary/aromatic N) is 1. The lowest BCUT2D eigenvalue weighted by atomic mass is 10.0. The van der Waals surface area contributed by atoms with Crippen LogP contribution in [0.2, 0.25) is 0 Å². The van der Waals surface area contributed by atoms with E-state index in [1.807, 2.05) is 12.1 Å². The number of hydrogen-bond acceptors (Lipinski definition) is 5. The molecule has 0 aromatic heterocycles. The van der Waals surface area contributed by atoms with Crippen LogP contribution in [0.1, 0.15) is 22.7 Å². The van der Waals surface area contributed by atoms with Gasteiger partial charge in [-0.3, -0.25) is 9.69 Å². The minimum absolute atomic E-state index is 0.0966. The summed E-state index contributed by atoms with van der Waals surface area (Å²) >= 11 is 0. The molecule has 6 nitrogen and oxygen atoms in total. The number of hydrogen-bond donors (Lipinski definition) is 1. The summed E-state index contributed by atoms with van der Waals surface area (Å²) < 4.78 is 16.0. The Hall–Kier alpha value is -2.83. The molecule has 30 heavy (non-hydrogen) atoms. The fourth-order valence-electron chi connectivity index (χ4n) is 3.39. The Morgan fingerprint density at radius 3 is 2.33 bits per heavy atom. The lowest BCUT2D eigenvalue weighted by Gasteiger charge is -2.31. The van der Waals surface area contributed by atoms with E-state index in [4.69, 9.17) is 14.2 Å². The average molecular weight is 411 g/mol. The standard InChI is InChI=1S/C24H30N2O4/c1-18-4-7-20(8-5-18)23(17-26-10-12-30-13-11-26)25-24(27)9-6-19-14-21(28-2)16-22(15-19)29-3/h4-9,14-16,23H,10-13,17H2,1-3H3,(H,25,27)/b9-6+/t23-/m0/s1. The molecule has 1 amide bonds. The molecule has 1 fully saturated rings. The Bertz CT molecular complexity index is 836. The smallest absolute Gasteiger partial charge is 0.244 e. The lowest BCUT2D eigenvalue weighted by molar-refractivity contribution is -0.117. The molecule has 1 N–H and O–H groups in total. The quantitative estimate of drug-likeness (QED) is 0.677. The summed E-state index contributed by atoms with van der Waals surface area (Å²) in [4.78, 5) is 15.0. The molecule has 2 aromatic carbocycles. The lowest BCUT2D eigenvalue weighted by Crippen LogP contribution is -2.42. The van der Waals surface area contributed by atoms with Crippen LogP contribution in [0.25, 0.3) is 6.08 Å². The maximum atomic E-state index is 12.7. The van der Waals surface area contributed by atoms with E-state index < -0.39 is 0 Å². The van der Waals surface area contributed by atoms with Crippen molar-refractivity contribution in [2.45, 2.75) is 13.0 Å². The summed E-state index contributed by atoms with van der Waals surface area (Å²) in [5, 5.41) is 3.16. The van der Waals surface area contributed by atoms with Crippen LogP contribution >= 0.6 is 0 Å². The van der Waals surface area contributed by atoms with Gasteiger partial charge in [-0.15, -0.1) is 0 Å². The van der Waals surface area contributed by atoms with E-state index >= 15 is 0 Å². The van der Waals surface area contributed by atoms with Crippen molar-refractivity contribution < 1.29 is 19.0 Å². The fraction of sp³-hybridized carbons (Fsp3) is 0.375. The molecule has 1 aliphatic rings. The van der Waals surface area contributed by atoms with E-state index in [2.05, 4.69) is 41.4 Å². The first-order chi connectivity index (χ1) is 14.6. The second-order valence-corrected chi connectivity index (χ2v) is 7.36. The summed E-state index contributed by atoms with van der Waals surface area (Å²) in [6, 6.07) is 13.7. The zero-order valence-electron chi connectivity index (χ0n) is 17.9. The number of carbonyl (C=O) groups is 1. The van der Waals surface area contributed by atoms with Crippen LogP contribution in [0, 0.1) is 6.92 Å². The molecule has 1 heterocycles. The number of morpholine rings is 1. The van der Waals surface area contributed by atoms with E-state index in [1.54, 1.807) is 32.4 Å². The van der Waals surface area contributed by atoms with Gasteiger partial charge in [-0.25, -0.2) is 0 Å². The van der Waals surface area contributed by atoms with Crippen LogP contribution < -0.4 is 14.8 Å². The van der Waals surface area contributed by atoms with Crippen LogP contribution in [0.15, 0.2) is 48.5 Å². The van der Waals surface area contributed by atoms with E-state index in [1.165, 1.54) is 5.56 Å². The summed E-state index contributed by atoms with van der Waals surface area (Å²) in [5.74, 6) is 1.22. The molecule has 0 saturated carbocycles. The van der Waals surface area contributed by atoms with Gasteiger partial charge in [-0.1, -0.05) is 29.8 Å². The van der Waals surface area contributed by atoms with Gasteiger partial charge < -0.3 is 19.5 Å². The number of benzene rings is 2. The average Bonchev–Trinajstić information content (AvgIpc) is 2.78. The molecule has 0 aliphatic carbocycles. The van der Waals surface area contributed by atoms with E-state index in [0.717, 1.165) is 44.0 Å². The number of nitrogens with one attached hydrogen (secondary N) is 1. The van der Waals surface area contributed by atoms with Crippen molar-refractivity contribution in [3.8, 4) is 11.5 Å². The molecule has 1 atom stereocenters. The summed E-state index contributed by atoms with van der Waals surface area (Å²) in [6.07, 6.45) is 3.32. The van der Waals surface area contributed by atoms with Gasteiger partial charge in [0.1, 0.15) is 11.5 Å². The van der Waals surface area contributed by atoms with Gasteiger partial charge in [0, 0.05) is 31.8 Å². The predicted molar refractivity (Wildman–Crippen MR) is 118 cm³/mol. The van der Waals surface area contributed by atoms with E-state index in [0.29, 0.717) is 11.5 Å². The predicted octanol–water partition coefficient (Wildman–Crippen LogP) is 3.22. The van der Waals surface area contributed by atoms with Crippen LogP contribution in [-0.4, -0.2) is 57.9 Å². The second-order valence-electron chi connectivity index (χ2n) is 7.36. The molecule has 160 valence electrons. The van der Waals surface area contributed by atoms with Crippen molar-refractivity contribution in [3.05, 3.63) is 65.2 Å². The van der Waals surface area contributed by atoms with Crippen LogP contribution in [-0.2, 0) is 9.53 Å². The zero-order chi connectivity index (χ0) is 21.3. The minimum Gasteiger partial charge on any atom is -0.497 e. The topological polar surface area (TPSA) is 60.0 Å². The van der Waals surface area contributed by atoms with Crippen molar-refractivity contribution >= 4 is 12.0 Å². The Morgan fingerprint density at radius 2 is 1.73 bits per heavy atom. The summed E-state index contributed by atoms with van der Waals surface area (Å²) in [7, 11) is 3.21. The first-order valence-electron chi connectivity index (χ1n) is 10.2. The summed E-state index contributed by atoms with van der Waals surface area (Å²) in [6.45, 7) is 6.01. The molecule has 3 rings (SSSR count). The molecule has 0 spiro atoms. The van der Waals surface area contributed by atoms with Crippen LogP contribution in [0.3, 0.4) is 0 Å². The summed E-state index contributed by atoms with van der Waals surface area (Å²) in [5.41, 5.74) is 3.13. The van der Waals surface area contributed by atoms with Gasteiger partial charge in [0.05, 0.1) is 33.5 Å². The van der Waals surface area contributed by atoms with Gasteiger partial charge in [-0.2, -0.15) is 0 Å². The third-order valence-corrected chi connectivity index (χ3v) is 5.14. The maximum absolute atomic E-state index is 12.7. The van der Waals surface area contributed by atoms with Gasteiger partial charge in [0.25, 0.3) is 0 Å². The Kier molecular flexibility index (Phi) is 7.88. The highest BCUT2D eigenvalue weighted by molar-refractivity contribution is 5.92. The normalized spacial score (nSPS) is 15.7. The number of methoxy groups -OCH3 is 2. The number of carbonyl (C=O) groups excluding carboxylic acids is 1. The van der Waals surface area contributed by atoms with Crippen molar-refractivity contribution in [1.82, 2.24) is 10.2 Å². The minimum atomic E-state index is -0.143. The van der Waals surface area contributed by atoms with Crippen LogP contribution in [0.5, 0.6) is 11.5 Å².